The van der Waals surface area contributed by atoms with Gasteiger partial charge in [-0.1, -0.05) is 34.1 Å². The molecule has 0 aliphatic heterocycles. The van der Waals surface area contributed by atoms with Crippen LogP contribution in [0.15, 0.2) is 57.2 Å². The van der Waals surface area contributed by atoms with Gasteiger partial charge in [-0.3, -0.25) is 4.79 Å². The summed E-state index contributed by atoms with van der Waals surface area (Å²) >= 11 is 3.37. The number of carbonyl (C=O) groups excluding carboxylic acids is 1. The summed E-state index contributed by atoms with van der Waals surface area (Å²) in [4.78, 5) is 14.6. The first-order valence-corrected chi connectivity index (χ1v) is 7.97. The summed E-state index contributed by atoms with van der Waals surface area (Å²) in [6.45, 7) is 1.66. The van der Waals surface area contributed by atoms with Crippen LogP contribution in [0.5, 0.6) is 11.6 Å². The van der Waals surface area contributed by atoms with Gasteiger partial charge in [-0.05, 0) is 36.8 Å². The molecular formula is C17H14BrN3O3. The van der Waals surface area contributed by atoms with Crippen LogP contribution in [0.3, 0.4) is 0 Å². The van der Waals surface area contributed by atoms with Gasteiger partial charge in [0.2, 0.25) is 5.88 Å². The summed E-state index contributed by atoms with van der Waals surface area (Å²) in [5.41, 5.74) is 1.86. The first-order valence-electron chi connectivity index (χ1n) is 7.18. The van der Waals surface area contributed by atoms with Crippen LogP contribution in [0, 0.1) is 6.92 Å². The molecule has 3 aromatic rings. The quantitative estimate of drug-likeness (QED) is 0.639. The molecule has 3 rings (SSSR count). The van der Waals surface area contributed by atoms with Crippen molar-refractivity contribution in [2.45, 2.75) is 6.92 Å². The summed E-state index contributed by atoms with van der Waals surface area (Å²) in [7, 11) is 0. The molecule has 0 aliphatic carbocycles. The third-order valence-electron chi connectivity index (χ3n) is 3.41. The zero-order chi connectivity index (χ0) is 17.1. The zero-order valence-corrected chi connectivity index (χ0v) is 14.4. The van der Waals surface area contributed by atoms with Gasteiger partial charge in [0.15, 0.2) is 12.3 Å². The summed E-state index contributed by atoms with van der Waals surface area (Å²) < 4.78 is 6.38. The van der Waals surface area contributed by atoms with Crippen molar-refractivity contribution in [2.24, 2.45) is 10.2 Å². The lowest BCUT2D eigenvalue weighted by molar-refractivity contribution is -0.120. The molecule has 0 aliphatic rings. The third kappa shape index (κ3) is 3.46. The van der Waals surface area contributed by atoms with Crippen molar-refractivity contribution in [3.63, 3.8) is 0 Å². The molecule has 0 bridgehead atoms. The van der Waals surface area contributed by atoms with Crippen molar-refractivity contribution in [3.8, 4) is 11.6 Å². The number of benzene rings is 2. The lowest BCUT2D eigenvalue weighted by Gasteiger charge is -2.06. The smallest absolute Gasteiger partial charge is 0.302 e. The van der Waals surface area contributed by atoms with Gasteiger partial charge >= 0.3 is 5.91 Å². The Morgan fingerprint density at radius 3 is 2.88 bits per heavy atom. The topological polar surface area (TPSA) is 87.0 Å². The highest BCUT2D eigenvalue weighted by molar-refractivity contribution is 9.10. The van der Waals surface area contributed by atoms with E-state index < -0.39 is 5.91 Å². The second-order valence-corrected chi connectivity index (χ2v) is 6.08. The van der Waals surface area contributed by atoms with Gasteiger partial charge in [-0.2, -0.15) is 0 Å². The second kappa shape index (κ2) is 6.84. The number of ether oxygens (including phenoxy) is 1. The van der Waals surface area contributed by atoms with Gasteiger partial charge < -0.3 is 14.8 Å². The minimum absolute atomic E-state index is 0.127. The Kier molecular flexibility index (Phi) is 4.61. The molecule has 122 valence electrons. The van der Waals surface area contributed by atoms with Crippen LogP contribution in [0.25, 0.3) is 10.9 Å². The van der Waals surface area contributed by atoms with E-state index in [1.165, 1.54) is 0 Å². The number of nitrogens with one attached hydrogen (secondary N) is 1. The van der Waals surface area contributed by atoms with Crippen LogP contribution in [0.2, 0.25) is 0 Å². The second-order valence-electron chi connectivity index (χ2n) is 5.16. The maximum atomic E-state index is 11.9. The van der Waals surface area contributed by atoms with Crippen LogP contribution < -0.4 is 4.74 Å². The highest BCUT2D eigenvalue weighted by atomic mass is 79.9. The van der Waals surface area contributed by atoms with E-state index in [-0.39, 0.29) is 18.2 Å². The van der Waals surface area contributed by atoms with E-state index in [9.17, 15) is 9.90 Å². The predicted octanol–water partition coefficient (Wildman–Crippen LogP) is 4.63. The Balaban J connectivity index is 1.70. The molecule has 1 aromatic heterocycles. The van der Waals surface area contributed by atoms with Gasteiger partial charge in [0.05, 0.1) is 5.52 Å². The minimum atomic E-state index is -0.540. The van der Waals surface area contributed by atoms with Crippen LogP contribution >= 0.6 is 15.9 Å². The van der Waals surface area contributed by atoms with Crippen molar-refractivity contribution in [1.82, 2.24) is 4.98 Å². The molecule has 0 unspecified atom stereocenters. The van der Waals surface area contributed by atoms with Crippen LogP contribution in [0.1, 0.15) is 5.56 Å². The number of hydrogen-bond acceptors (Lipinski definition) is 4. The van der Waals surface area contributed by atoms with E-state index in [1.54, 1.807) is 18.2 Å². The number of para-hydroxylation sites is 1. The maximum Gasteiger partial charge on any atom is 0.302 e. The zero-order valence-electron chi connectivity index (χ0n) is 12.8. The molecule has 6 nitrogen and oxygen atoms in total. The molecule has 24 heavy (non-hydrogen) atoms. The molecule has 0 fully saturated rings. The number of aryl methyl sites for hydroxylation is 1. The number of H-pyrrole nitrogens is 1. The molecule has 2 aromatic carbocycles. The fraction of sp³-hybridized carbons (Fsp3) is 0.118. The average molecular weight is 388 g/mol. The van der Waals surface area contributed by atoms with Crippen LogP contribution in [0.4, 0.5) is 5.69 Å². The number of aromatic nitrogens is 1. The van der Waals surface area contributed by atoms with Crippen molar-refractivity contribution in [1.29, 1.82) is 0 Å². The number of aromatic hydroxyl groups is 1. The fourth-order valence-electron chi connectivity index (χ4n) is 2.26. The largest absolute Gasteiger partial charge is 0.493 e. The van der Waals surface area contributed by atoms with Crippen molar-refractivity contribution < 1.29 is 14.6 Å². The lowest BCUT2D eigenvalue weighted by atomic mass is 10.2. The first-order chi connectivity index (χ1) is 11.5. The summed E-state index contributed by atoms with van der Waals surface area (Å²) in [6.07, 6.45) is 0. The molecule has 7 heteroatoms. The van der Waals surface area contributed by atoms with Gasteiger partial charge in [-0.25, -0.2) is 0 Å². The third-order valence-corrected chi connectivity index (χ3v) is 3.90. The Morgan fingerprint density at radius 2 is 2.08 bits per heavy atom. The number of rotatable bonds is 4. The van der Waals surface area contributed by atoms with Crippen molar-refractivity contribution in [3.05, 3.63) is 52.5 Å². The molecule has 0 saturated carbocycles. The molecule has 0 atom stereocenters. The van der Waals surface area contributed by atoms with E-state index in [4.69, 9.17) is 4.74 Å². The fourth-order valence-corrected chi connectivity index (χ4v) is 2.74. The van der Waals surface area contributed by atoms with Crippen molar-refractivity contribution in [2.75, 3.05) is 6.61 Å². The number of azo groups is 1. The van der Waals surface area contributed by atoms with E-state index in [2.05, 4.69) is 31.1 Å². The number of halogens is 1. The molecule has 0 saturated heterocycles. The van der Waals surface area contributed by atoms with Gasteiger partial charge in [-0.15, -0.1) is 10.2 Å². The number of aromatic amines is 1. The molecule has 1 amide bonds. The van der Waals surface area contributed by atoms with E-state index in [0.717, 1.165) is 15.6 Å². The number of fused-ring (bicyclic) bond motifs is 1. The summed E-state index contributed by atoms with van der Waals surface area (Å²) in [6, 6.07) is 12.7. The molecule has 1 heterocycles. The van der Waals surface area contributed by atoms with E-state index in [1.807, 2.05) is 31.2 Å². The maximum absolute atomic E-state index is 11.9. The normalized spacial score (nSPS) is 11.2. The molecular weight excluding hydrogens is 374 g/mol. The van der Waals surface area contributed by atoms with E-state index >= 15 is 0 Å². The summed E-state index contributed by atoms with van der Waals surface area (Å²) in [5.74, 6) is -0.0592. The Hall–Kier alpha value is -2.67. The lowest BCUT2D eigenvalue weighted by Crippen LogP contribution is -2.08. The first kappa shape index (κ1) is 16.2. The molecule has 0 radical (unpaired) electrons. The predicted molar refractivity (Wildman–Crippen MR) is 93.9 cm³/mol. The van der Waals surface area contributed by atoms with Crippen LogP contribution in [-0.4, -0.2) is 22.6 Å². The number of carbonyl (C=O) groups is 1. The number of hydrogen-bond donors (Lipinski definition) is 2. The van der Waals surface area contributed by atoms with Gasteiger partial charge in [0.25, 0.3) is 0 Å². The minimum Gasteiger partial charge on any atom is -0.493 e. The van der Waals surface area contributed by atoms with Crippen LogP contribution in [-0.2, 0) is 4.79 Å². The monoisotopic (exact) mass is 387 g/mol. The summed E-state index contributed by atoms with van der Waals surface area (Å²) in [5, 5.41) is 18.0. The standard InChI is InChI=1S/C17H14BrN3O3/c1-10-8-11(18)6-7-14(10)24-9-15(22)20-21-16-12-4-2-3-5-13(12)19-17(16)23/h2-8,19,23H,9H2,1H3. The Bertz CT molecular complexity index is 934. The Morgan fingerprint density at radius 1 is 1.29 bits per heavy atom. The Labute approximate surface area is 146 Å². The number of nitrogens with zero attached hydrogens (tertiary/aromatic N) is 2. The molecule has 2 N–H and O–H groups in total. The van der Waals surface area contributed by atoms with Gasteiger partial charge in [0.1, 0.15) is 5.75 Å². The average Bonchev–Trinajstić information content (AvgIpc) is 2.87. The molecule has 0 spiro atoms. The highest BCUT2D eigenvalue weighted by Crippen LogP contribution is 2.35. The highest BCUT2D eigenvalue weighted by Gasteiger charge is 2.10. The van der Waals surface area contributed by atoms with Crippen molar-refractivity contribution >= 4 is 38.4 Å². The number of amides is 1. The van der Waals surface area contributed by atoms with Gasteiger partial charge in [0, 0.05) is 9.86 Å². The van der Waals surface area contributed by atoms with E-state index in [0.29, 0.717) is 11.1 Å². The SMILES string of the molecule is Cc1cc(Br)ccc1OCC(=O)N=Nc1c(O)[nH]c2ccccc12.